The van der Waals surface area contributed by atoms with Gasteiger partial charge in [0.15, 0.2) is 0 Å². The van der Waals surface area contributed by atoms with Crippen molar-refractivity contribution in [3.05, 3.63) is 60.9 Å². The predicted molar refractivity (Wildman–Crippen MR) is 74.5 cm³/mol. The highest BCUT2D eigenvalue weighted by atomic mass is 16.6. The first kappa shape index (κ1) is 17.2. The molecule has 13 heteroatoms. The van der Waals surface area contributed by atoms with E-state index in [0.717, 1.165) is 0 Å². The number of hydrogen-bond acceptors (Lipinski definition) is 10. The Hall–Kier alpha value is -3.90. The number of anilines is 1. The molecular weight excluding hydrogens is 316 g/mol. The van der Waals surface area contributed by atoms with Crippen LogP contribution >= 0.6 is 0 Å². The van der Waals surface area contributed by atoms with Crippen molar-refractivity contribution in [3.63, 3.8) is 0 Å². The molecule has 13 nitrogen and oxygen atoms in total. The van der Waals surface area contributed by atoms with Crippen LogP contribution in [0.1, 0.15) is 0 Å². The predicted octanol–water partition coefficient (Wildman–Crippen LogP) is 1.18. The van der Waals surface area contributed by atoms with Crippen LogP contribution in [0.15, 0.2) is 30.6 Å². The third kappa shape index (κ3) is 4.55. The summed E-state index contributed by atoms with van der Waals surface area (Å²) >= 11 is 0. The molecule has 0 amide bonds. The van der Waals surface area contributed by atoms with Crippen LogP contribution in [0.2, 0.25) is 0 Å². The van der Waals surface area contributed by atoms with E-state index in [4.69, 9.17) is 10.8 Å². The van der Waals surface area contributed by atoms with Crippen molar-refractivity contribution in [2.24, 2.45) is 0 Å². The molecule has 3 N–H and O–H groups in total. The maximum Gasteiger partial charge on any atom is 0.324 e. The van der Waals surface area contributed by atoms with E-state index in [-0.39, 0.29) is 0 Å². The summed E-state index contributed by atoms with van der Waals surface area (Å²) < 4.78 is 0. The molecule has 0 atom stereocenters. The average molecular weight is 324 g/mol. The average Bonchev–Trinajstić information content (AvgIpc) is 2.48. The number of nitro groups is 3. The van der Waals surface area contributed by atoms with Crippen LogP contribution in [-0.4, -0.2) is 30.1 Å². The van der Waals surface area contributed by atoms with Gasteiger partial charge in [0.2, 0.25) is 0 Å². The number of rotatable bonds is 3. The first-order valence-electron chi connectivity index (χ1n) is 5.56. The van der Waals surface area contributed by atoms with Gasteiger partial charge in [-0.2, -0.15) is 10.2 Å². The number of hydrogen-bond donors (Lipinski definition) is 2. The van der Waals surface area contributed by atoms with Crippen LogP contribution in [0, 0.1) is 30.3 Å². The summed E-state index contributed by atoms with van der Waals surface area (Å²) in [6, 6.07) is 2.58. The fraction of sp³-hybridized carbons (Fsp3) is 0. The fourth-order valence-corrected chi connectivity index (χ4v) is 1.27. The van der Waals surface area contributed by atoms with Gasteiger partial charge in [-0.1, -0.05) is 0 Å². The molecule has 1 aromatic heterocycles. The molecule has 2 rings (SSSR count). The molecule has 23 heavy (non-hydrogen) atoms. The number of benzene rings is 1. The maximum atomic E-state index is 10.4. The first-order chi connectivity index (χ1) is 10.7. The Balaban J connectivity index is 0.000000313. The maximum absolute atomic E-state index is 10.4. The zero-order valence-corrected chi connectivity index (χ0v) is 11.1. The number of phenolic OH excluding ortho intramolecular Hbond substituents is 1. The largest absolute Gasteiger partial charge is 0.497 e. The number of nitrogens with zero attached hydrogens (tertiary/aromatic N) is 5. The van der Waals surface area contributed by atoms with Gasteiger partial charge in [-0.25, -0.2) is 0 Å². The second-order valence-corrected chi connectivity index (χ2v) is 3.78. The Morgan fingerprint density at radius 3 is 1.74 bits per heavy atom. The lowest BCUT2D eigenvalue weighted by Crippen LogP contribution is -1.97. The van der Waals surface area contributed by atoms with Crippen molar-refractivity contribution in [1.82, 2.24) is 10.2 Å². The van der Waals surface area contributed by atoms with Crippen LogP contribution in [0.4, 0.5) is 22.7 Å². The first-order valence-corrected chi connectivity index (χ1v) is 5.56. The lowest BCUT2D eigenvalue weighted by Gasteiger charge is -1.97. The third-order valence-electron chi connectivity index (χ3n) is 2.27. The van der Waals surface area contributed by atoms with E-state index in [1.54, 1.807) is 12.3 Å². The molecule has 0 fully saturated rings. The van der Waals surface area contributed by atoms with E-state index in [1.165, 1.54) is 6.20 Å². The number of nitrogens with two attached hydrogens (primary N) is 1. The third-order valence-corrected chi connectivity index (χ3v) is 2.27. The van der Waals surface area contributed by atoms with Crippen molar-refractivity contribution < 1.29 is 19.9 Å². The monoisotopic (exact) mass is 324 g/mol. The van der Waals surface area contributed by atoms with E-state index in [2.05, 4.69) is 10.2 Å². The summed E-state index contributed by atoms with van der Waals surface area (Å²) in [5.74, 6) is -1.21. The zero-order chi connectivity index (χ0) is 17.6. The summed E-state index contributed by atoms with van der Waals surface area (Å²) in [4.78, 5) is 27.8. The minimum Gasteiger partial charge on any atom is -0.497 e. The van der Waals surface area contributed by atoms with Gasteiger partial charge in [-0.3, -0.25) is 30.3 Å². The van der Waals surface area contributed by atoms with Gasteiger partial charge in [0.05, 0.1) is 45.0 Å². The van der Waals surface area contributed by atoms with Crippen LogP contribution < -0.4 is 5.73 Å². The molecule has 120 valence electrons. The molecule has 0 bridgehead atoms. The topological polar surface area (TPSA) is 201 Å². The molecule has 0 saturated carbocycles. The lowest BCUT2D eigenvalue weighted by molar-refractivity contribution is -0.404. The number of nitrogen functional groups attached to an aromatic ring is 1. The minimum atomic E-state index is -1.21. The zero-order valence-electron chi connectivity index (χ0n) is 11.1. The summed E-state index contributed by atoms with van der Waals surface area (Å²) in [5.41, 5.74) is 2.90. The number of phenols is 1. The van der Waals surface area contributed by atoms with E-state index < -0.39 is 37.6 Å². The van der Waals surface area contributed by atoms with E-state index >= 15 is 0 Å². The van der Waals surface area contributed by atoms with Crippen molar-refractivity contribution in [3.8, 4) is 5.75 Å². The van der Waals surface area contributed by atoms with Gasteiger partial charge < -0.3 is 10.8 Å². The lowest BCUT2D eigenvalue weighted by atomic mass is 10.2. The minimum absolute atomic E-state index is 0.447. The normalized spacial score (nSPS) is 9.39. The van der Waals surface area contributed by atoms with Crippen molar-refractivity contribution in [1.29, 1.82) is 0 Å². The van der Waals surface area contributed by atoms with Crippen LogP contribution in [0.3, 0.4) is 0 Å². The Morgan fingerprint density at radius 2 is 1.48 bits per heavy atom. The van der Waals surface area contributed by atoms with E-state index in [0.29, 0.717) is 17.8 Å². The molecule has 0 radical (unpaired) electrons. The molecule has 1 heterocycles. The molecule has 2 aromatic rings. The van der Waals surface area contributed by atoms with Gasteiger partial charge in [0, 0.05) is 0 Å². The summed E-state index contributed by atoms with van der Waals surface area (Å²) in [6.07, 6.45) is 3.05. The SMILES string of the molecule is Nc1ccnnc1.O=[N+]([O-])c1cc([N+](=O)[O-])c(O)c([N+](=O)[O-])c1. The molecule has 1 aromatic carbocycles. The Bertz CT molecular complexity index is 716. The quantitative estimate of drug-likeness (QED) is 0.609. The number of non-ortho nitro benzene ring substituents is 1. The van der Waals surface area contributed by atoms with Gasteiger partial charge in [0.25, 0.3) is 11.4 Å². The Labute approximate surface area is 126 Å². The number of nitro benzene ring substituents is 3. The van der Waals surface area contributed by atoms with Crippen molar-refractivity contribution >= 4 is 22.7 Å². The molecule has 0 aliphatic carbocycles. The van der Waals surface area contributed by atoms with Gasteiger partial charge in [0.1, 0.15) is 0 Å². The highest BCUT2D eigenvalue weighted by Gasteiger charge is 2.30. The van der Waals surface area contributed by atoms with Gasteiger partial charge >= 0.3 is 11.4 Å². The van der Waals surface area contributed by atoms with Crippen LogP contribution in [0.5, 0.6) is 5.75 Å². The molecule has 0 saturated heterocycles. The van der Waals surface area contributed by atoms with Crippen LogP contribution in [-0.2, 0) is 0 Å². The number of aromatic hydroxyl groups is 1. The van der Waals surface area contributed by atoms with Crippen molar-refractivity contribution in [2.75, 3.05) is 5.73 Å². The molecular formula is C10H8N6O7. The second kappa shape index (κ2) is 7.21. The van der Waals surface area contributed by atoms with E-state index in [1.807, 2.05) is 0 Å². The molecule has 0 unspecified atom stereocenters. The van der Waals surface area contributed by atoms with Crippen molar-refractivity contribution in [2.45, 2.75) is 0 Å². The van der Waals surface area contributed by atoms with E-state index in [9.17, 15) is 30.3 Å². The number of aromatic nitrogens is 2. The van der Waals surface area contributed by atoms with Crippen LogP contribution in [0.25, 0.3) is 0 Å². The standard InChI is InChI=1S/C6H3N3O7.C4H5N3/c10-6-4(8(13)14)1-3(7(11)12)2-5(6)9(15)16;5-4-1-2-6-7-3-4/h1-2,10H;1-3H,(H2,5,6). The highest BCUT2D eigenvalue weighted by Crippen LogP contribution is 2.38. The summed E-state index contributed by atoms with van der Waals surface area (Å²) in [7, 11) is 0. The fourth-order valence-electron chi connectivity index (χ4n) is 1.27. The molecule has 0 aliphatic rings. The molecule has 0 spiro atoms. The Morgan fingerprint density at radius 1 is 0.957 bits per heavy atom. The van der Waals surface area contributed by atoms with Gasteiger partial charge in [-0.15, -0.1) is 0 Å². The smallest absolute Gasteiger partial charge is 0.324 e. The summed E-state index contributed by atoms with van der Waals surface area (Å²) in [6.45, 7) is 0. The second-order valence-electron chi connectivity index (χ2n) is 3.78. The Kier molecular flexibility index (Phi) is 5.37. The van der Waals surface area contributed by atoms with Gasteiger partial charge in [-0.05, 0) is 6.07 Å². The molecule has 0 aliphatic heterocycles. The highest BCUT2D eigenvalue weighted by molar-refractivity contribution is 5.64. The summed E-state index contributed by atoms with van der Waals surface area (Å²) in [5, 5.41) is 47.2.